The largest absolute Gasteiger partial charge is 0.439 e. The lowest BCUT2D eigenvalue weighted by Gasteiger charge is -2.20. The molecule has 0 radical (unpaired) electrons. The Hall–Kier alpha value is -0.820. The highest BCUT2D eigenvalue weighted by Crippen LogP contribution is 2.25. The van der Waals surface area contributed by atoms with E-state index >= 15 is 0 Å². The number of primary amides is 1. The zero-order chi connectivity index (χ0) is 11.4. The van der Waals surface area contributed by atoms with Gasteiger partial charge in [0.15, 0.2) is 6.10 Å². The number of benzene rings is 1. The van der Waals surface area contributed by atoms with Crippen LogP contribution in [-0.4, -0.2) is 17.3 Å². The molecule has 0 fully saturated rings. The maximum absolute atomic E-state index is 10.7. The van der Waals surface area contributed by atoms with Crippen LogP contribution in [0.3, 0.4) is 0 Å². The molecule has 0 aliphatic rings. The summed E-state index contributed by atoms with van der Waals surface area (Å²) >= 11 is 2.11. The molecule has 0 aliphatic heterocycles. The molecule has 15 heavy (non-hydrogen) atoms. The third-order valence-corrected chi connectivity index (χ3v) is 2.88. The van der Waals surface area contributed by atoms with E-state index in [1.54, 1.807) is 13.0 Å². The summed E-state index contributed by atoms with van der Waals surface area (Å²) in [5, 5.41) is 9.50. The summed E-state index contributed by atoms with van der Waals surface area (Å²) in [7, 11) is 0. The van der Waals surface area contributed by atoms with Crippen molar-refractivity contribution >= 4 is 28.7 Å². The van der Waals surface area contributed by atoms with Gasteiger partial charge in [-0.15, -0.1) is 0 Å². The predicted octanol–water partition coefficient (Wildman–Crippen LogP) is 1.81. The zero-order valence-electron chi connectivity index (χ0n) is 8.18. The molecule has 0 saturated heterocycles. The molecule has 3 N–H and O–H groups in total. The first-order valence-electron chi connectivity index (χ1n) is 4.41. The lowest BCUT2D eigenvalue weighted by atomic mass is 10.1. The van der Waals surface area contributed by atoms with E-state index < -0.39 is 18.3 Å². The predicted molar refractivity (Wildman–Crippen MR) is 64.2 cm³/mol. The van der Waals surface area contributed by atoms with Crippen LogP contribution in [-0.2, 0) is 4.74 Å². The van der Waals surface area contributed by atoms with E-state index in [4.69, 9.17) is 10.5 Å². The Morgan fingerprint density at radius 3 is 2.60 bits per heavy atom. The number of aliphatic hydroxyl groups is 1. The lowest BCUT2D eigenvalue weighted by Crippen LogP contribution is -2.25. The maximum atomic E-state index is 10.7. The van der Waals surface area contributed by atoms with E-state index in [2.05, 4.69) is 22.6 Å². The number of rotatable bonds is 3. The van der Waals surface area contributed by atoms with Gasteiger partial charge in [-0.1, -0.05) is 18.2 Å². The van der Waals surface area contributed by atoms with Crippen LogP contribution in [0.15, 0.2) is 24.3 Å². The molecule has 2 atom stereocenters. The highest BCUT2D eigenvalue weighted by Gasteiger charge is 2.22. The summed E-state index contributed by atoms with van der Waals surface area (Å²) in [6.45, 7) is 1.55. The van der Waals surface area contributed by atoms with Crippen LogP contribution in [0.2, 0.25) is 0 Å². The Morgan fingerprint density at radius 1 is 1.53 bits per heavy atom. The van der Waals surface area contributed by atoms with Crippen LogP contribution in [0.4, 0.5) is 4.79 Å². The molecule has 0 bridgehead atoms. The number of carbonyl (C=O) groups is 1. The Bertz CT molecular complexity index is 354. The fourth-order valence-electron chi connectivity index (χ4n) is 1.25. The van der Waals surface area contributed by atoms with Crippen LogP contribution < -0.4 is 5.73 Å². The first kappa shape index (κ1) is 12.3. The highest BCUT2D eigenvalue weighted by atomic mass is 127. The van der Waals surface area contributed by atoms with Gasteiger partial charge in [-0.25, -0.2) is 4.79 Å². The number of amides is 1. The topological polar surface area (TPSA) is 72.6 Å². The molecule has 1 rings (SSSR count). The van der Waals surface area contributed by atoms with Gasteiger partial charge in [0, 0.05) is 9.13 Å². The summed E-state index contributed by atoms with van der Waals surface area (Å²) in [6.07, 6.45) is -2.40. The van der Waals surface area contributed by atoms with Gasteiger partial charge >= 0.3 is 6.09 Å². The Labute approximate surface area is 102 Å². The van der Waals surface area contributed by atoms with Gasteiger partial charge < -0.3 is 15.6 Å². The third kappa shape index (κ3) is 3.35. The van der Waals surface area contributed by atoms with Gasteiger partial charge in [0.25, 0.3) is 0 Å². The molecule has 5 heteroatoms. The number of ether oxygens (including phenoxy) is 1. The van der Waals surface area contributed by atoms with E-state index in [-0.39, 0.29) is 0 Å². The second kappa shape index (κ2) is 5.32. The summed E-state index contributed by atoms with van der Waals surface area (Å²) in [5.74, 6) is 0. The van der Waals surface area contributed by atoms with Crippen LogP contribution in [0.25, 0.3) is 0 Å². The van der Waals surface area contributed by atoms with Crippen LogP contribution in [0.1, 0.15) is 18.6 Å². The number of hydrogen-bond donors (Lipinski definition) is 2. The maximum Gasteiger partial charge on any atom is 0.405 e. The molecule has 1 aromatic rings. The number of nitrogens with two attached hydrogens (primary N) is 1. The van der Waals surface area contributed by atoms with E-state index in [0.717, 1.165) is 9.13 Å². The Kier molecular flexibility index (Phi) is 4.34. The summed E-state index contributed by atoms with van der Waals surface area (Å²) in [6, 6.07) is 7.35. The van der Waals surface area contributed by atoms with Crippen molar-refractivity contribution in [2.75, 3.05) is 0 Å². The minimum absolute atomic E-state index is 0.712. The minimum atomic E-state index is -0.888. The van der Waals surface area contributed by atoms with Gasteiger partial charge in [-0.3, -0.25) is 0 Å². The van der Waals surface area contributed by atoms with E-state index in [1.807, 2.05) is 18.2 Å². The van der Waals surface area contributed by atoms with Gasteiger partial charge in [-0.05, 0) is 35.6 Å². The van der Waals surface area contributed by atoms with Crippen LogP contribution in [0.5, 0.6) is 0 Å². The van der Waals surface area contributed by atoms with Crippen LogP contribution in [0, 0.1) is 3.57 Å². The molecule has 1 amide bonds. The average molecular weight is 321 g/mol. The molecule has 4 nitrogen and oxygen atoms in total. The number of halogens is 1. The van der Waals surface area contributed by atoms with Crippen LogP contribution >= 0.6 is 22.6 Å². The first-order valence-corrected chi connectivity index (χ1v) is 5.49. The van der Waals surface area contributed by atoms with Gasteiger partial charge in [0.05, 0.1) is 6.10 Å². The normalized spacial score (nSPS) is 14.3. The number of aliphatic hydroxyl groups excluding tert-OH is 1. The molecule has 0 saturated carbocycles. The molecule has 0 aromatic heterocycles. The standard InChI is InChI=1S/C10H12INO3/c1-6(13)9(15-10(12)14)7-4-2-3-5-8(7)11/h2-6,9,13H,1H3,(H2,12,14)/t6-,9+/m0/s1. The fourth-order valence-corrected chi connectivity index (χ4v) is 1.95. The van der Waals surface area contributed by atoms with Crippen molar-refractivity contribution in [1.29, 1.82) is 0 Å². The van der Waals surface area contributed by atoms with Crippen molar-refractivity contribution in [3.05, 3.63) is 33.4 Å². The fraction of sp³-hybridized carbons (Fsp3) is 0.300. The highest BCUT2D eigenvalue weighted by molar-refractivity contribution is 14.1. The van der Waals surface area contributed by atoms with E-state index in [9.17, 15) is 9.90 Å². The van der Waals surface area contributed by atoms with Crippen molar-refractivity contribution in [2.24, 2.45) is 5.73 Å². The van der Waals surface area contributed by atoms with Crippen molar-refractivity contribution in [1.82, 2.24) is 0 Å². The second-order valence-corrected chi connectivity index (χ2v) is 4.28. The minimum Gasteiger partial charge on any atom is -0.439 e. The molecule has 0 spiro atoms. The SMILES string of the molecule is C[C@H](O)[C@@H](OC(N)=O)c1ccccc1I. The van der Waals surface area contributed by atoms with E-state index in [0.29, 0.717) is 0 Å². The quantitative estimate of drug-likeness (QED) is 0.834. The molecular formula is C10H12INO3. The van der Waals surface area contributed by atoms with Gasteiger partial charge in [-0.2, -0.15) is 0 Å². The number of hydrogen-bond acceptors (Lipinski definition) is 3. The third-order valence-electron chi connectivity index (χ3n) is 1.89. The lowest BCUT2D eigenvalue weighted by molar-refractivity contribution is 0.0143. The van der Waals surface area contributed by atoms with Crippen molar-refractivity contribution in [3.8, 4) is 0 Å². The molecule has 0 aliphatic carbocycles. The Morgan fingerprint density at radius 2 is 2.13 bits per heavy atom. The monoisotopic (exact) mass is 321 g/mol. The average Bonchev–Trinajstić information content (AvgIpc) is 2.15. The zero-order valence-corrected chi connectivity index (χ0v) is 10.3. The molecule has 0 unspecified atom stereocenters. The summed E-state index contributed by atoms with van der Waals surface area (Å²) in [4.78, 5) is 10.7. The Balaban J connectivity index is 2.99. The van der Waals surface area contributed by atoms with Crippen molar-refractivity contribution in [3.63, 3.8) is 0 Å². The van der Waals surface area contributed by atoms with Gasteiger partial charge in [0.1, 0.15) is 0 Å². The smallest absolute Gasteiger partial charge is 0.405 e. The molecule has 0 heterocycles. The molecule has 82 valence electrons. The van der Waals surface area contributed by atoms with Gasteiger partial charge in [0.2, 0.25) is 0 Å². The molecular weight excluding hydrogens is 309 g/mol. The van der Waals surface area contributed by atoms with Crippen molar-refractivity contribution in [2.45, 2.75) is 19.1 Å². The first-order chi connectivity index (χ1) is 7.02. The van der Waals surface area contributed by atoms with Crippen molar-refractivity contribution < 1.29 is 14.6 Å². The summed E-state index contributed by atoms with van der Waals surface area (Å²) in [5.41, 5.74) is 5.70. The second-order valence-electron chi connectivity index (χ2n) is 3.12. The molecule has 1 aromatic carbocycles. The van der Waals surface area contributed by atoms with E-state index in [1.165, 1.54) is 0 Å². The number of carbonyl (C=O) groups excluding carboxylic acids is 1. The summed E-state index contributed by atoms with van der Waals surface area (Å²) < 4.78 is 5.78.